The second-order valence-corrected chi connectivity index (χ2v) is 4.06. The van der Waals surface area contributed by atoms with Gasteiger partial charge in [-0.25, -0.2) is 0 Å². The Balaban J connectivity index is 2.37. The quantitative estimate of drug-likeness (QED) is 0.397. The van der Waals surface area contributed by atoms with Gasteiger partial charge in [-0.1, -0.05) is 17.7 Å². The van der Waals surface area contributed by atoms with Crippen LogP contribution in [0.5, 0.6) is 5.75 Å². The minimum absolute atomic E-state index is 0.0588. The van der Waals surface area contributed by atoms with Crippen molar-refractivity contribution in [1.29, 1.82) is 0 Å². The molecule has 7 heteroatoms. The Kier molecular flexibility index (Phi) is 7.17. The van der Waals surface area contributed by atoms with Crippen LogP contribution in [0.3, 0.4) is 0 Å². The Labute approximate surface area is 116 Å². The van der Waals surface area contributed by atoms with Crippen LogP contribution >= 0.6 is 11.6 Å². The van der Waals surface area contributed by atoms with Crippen LogP contribution in [0.2, 0.25) is 5.02 Å². The zero-order chi connectivity index (χ0) is 14.1. The first kappa shape index (κ1) is 15.7. The van der Waals surface area contributed by atoms with Crippen molar-refractivity contribution in [2.24, 2.45) is 0 Å². The summed E-state index contributed by atoms with van der Waals surface area (Å²) in [5.41, 5.74) is -0.219. The second-order valence-electron chi connectivity index (χ2n) is 3.65. The van der Waals surface area contributed by atoms with E-state index in [-0.39, 0.29) is 23.1 Å². The number of nitrogens with zero attached hydrogens (tertiary/aromatic N) is 1. The highest BCUT2D eigenvalue weighted by molar-refractivity contribution is 6.32. The Morgan fingerprint density at radius 1 is 1.26 bits per heavy atom. The van der Waals surface area contributed by atoms with Crippen molar-refractivity contribution in [1.82, 2.24) is 0 Å². The molecule has 0 aliphatic heterocycles. The van der Waals surface area contributed by atoms with Crippen LogP contribution in [0.25, 0.3) is 0 Å². The molecule has 0 aliphatic carbocycles. The molecule has 0 amide bonds. The SMILES string of the molecule is COCCCOCCOc1cccc(Cl)c1[N+](=O)[O-]. The molecule has 0 aliphatic rings. The molecule has 0 heterocycles. The number of ether oxygens (including phenoxy) is 3. The predicted molar refractivity (Wildman–Crippen MR) is 70.9 cm³/mol. The number of para-hydroxylation sites is 1. The third kappa shape index (κ3) is 5.42. The molecule has 0 spiro atoms. The maximum Gasteiger partial charge on any atom is 0.329 e. The number of rotatable bonds is 9. The van der Waals surface area contributed by atoms with E-state index in [0.717, 1.165) is 6.42 Å². The molecule has 0 radical (unpaired) electrons. The Bertz CT molecular complexity index is 413. The van der Waals surface area contributed by atoms with Gasteiger partial charge in [-0.3, -0.25) is 10.1 Å². The number of halogens is 1. The summed E-state index contributed by atoms with van der Waals surface area (Å²) in [6.07, 6.45) is 0.799. The van der Waals surface area contributed by atoms with E-state index in [1.165, 1.54) is 12.1 Å². The molecule has 0 atom stereocenters. The molecule has 106 valence electrons. The standard InChI is InChI=1S/C12H16ClNO5/c1-17-6-3-7-18-8-9-19-11-5-2-4-10(13)12(11)14(15)16/h2,4-5H,3,6-9H2,1H3. The first-order valence-corrected chi connectivity index (χ1v) is 6.17. The third-order valence-corrected chi connectivity index (χ3v) is 2.56. The summed E-state index contributed by atoms with van der Waals surface area (Å²) >= 11 is 5.75. The monoisotopic (exact) mass is 289 g/mol. The van der Waals surface area contributed by atoms with Gasteiger partial charge >= 0.3 is 5.69 Å². The first-order valence-electron chi connectivity index (χ1n) is 5.79. The summed E-state index contributed by atoms with van der Waals surface area (Å²) in [5, 5.41) is 10.9. The number of methoxy groups -OCH3 is 1. The minimum Gasteiger partial charge on any atom is -0.484 e. The largest absolute Gasteiger partial charge is 0.484 e. The van der Waals surface area contributed by atoms with E-state index in [2.05, 4.69) is 0 Å². The van der Waals surface area contributed by atoms with Gasteiger partial charge in [0.15, 0.2) is 5.75 Å². The summed E-state index contributed by atoms with van der Waals surface area (Å²) in [7, 11) is 1.63. The van der Waals surface area contributed by atoms with Crippen LogP contribution in [0.4, 0.5) is 5.69 Å². The molecule has 1 aromatic rings. The summed E-state index contributed by atoms with van der Waals surface area (Å²) in [4.78, 5) is 10.3. The first-order chi connectivity index (χ1) is 9.16. The van der Waals surface area contributed by atoms with Crippen LogP contribution in [0.15, 0.2) is 18.2 Å². The number of hydrogen-bond donors (Lipinski definition) is 0. The average molecular weight is 290 g/mol. The van der Waals surface area contributed by atoms with Crippen molar-refractivity contribution >= 4 is 17.3 Å². The number of benzene rings is 1. The van der Waals surface area contributed by atoms with E-state index in [1.807, 2.05) is 0 Å². The molecule has 19 heavy (non-hydrogen) atoms. The van der Waals surface area contributed by atoms with E-state index in [1.54, 1.807) is 13.2 Å². The van der Waals surface area contributed by atoms with E-state index in [4.69, 9.17) is 25.8 Å². The molecule has 0 fully saturated rings. The lowest BCUT2D eigenvalue weighted by Crippen LogP contribution is -2.09. The highest BCUT2D eigenvalue weighted by Crippen LogP contribution is 2.33. The fourth-order valence-corrected chi connectivity index (χ4v) is 1.64. The second kappa shape index (κ2) is 8.68. The lowest BCUT2D eigenvalue weighted by atomic mass is 10.3. The van der Waals surface area contributed by atoms with Gasteiger partial charge in [-0.2, -0.15) is 0 Å². The van der Waals surface area contributed by atoms with Crippen LogP contribution in [0.1, 0.15) is 6.42 Å². The Hall–Kier alpha value is -1.37. The van der Waals surface area contributed by atoms with E-state index in [9.17, 15) is 10.1 Å². The number of nitro groups is 1. The molecule has 6 nitrogen and oxygen atoms in total. The molecule has 0 unspecified atom stereocenters. The van der Waals surface area contributed by atoms with E-state index < -0.39 is 4.92 Å². The zero-order valence-electron chi connectivity index (χ0n) is 10.6. The van der Waals surface area contributed by atoms with Gasteiger partial charge in [0.1, 0.15) is 11.6 Å². The fourth-order valence-electron chi connectivity index (χ4n) is 1.41. The van der Waals surface area contributed by atoms with Gasteiger partial charge in [-0.05, 0) is 18.6 Å². The summed E-state index contributed by atoms with van der Waals surface area (Å²) < 4.78 is 15.5. The molecule has 1 rings (SSSR count). The zero-order valence-corrected chi connectivity index (χ0v) is 11.4. The highest BCUT2D eigenvalue weighted by atomic mass is 35.5. The summed E-state index contributed by atoms with van der Waals surface area (Å²) in [5.74, 6) is 0.151. The molecule has 0 aromatic heterocycles. The Morgan fingerprint density at radius 3 is 2.74 bits per heavy atom. The van der Waals surface area contributed by atoms with Gasteiger partial charge in [0.25, 0.3) is 0 Å². The lowest BCUT2D eigenvalue weighted by molar-refractivity contribution is -0.385. The third-order valence-electron chi connectivity index (χ3n) is 2.25. The average Bonchev–Trinajstić information content (AvgIpc) is 2.37. The highest BCUT2D eigenvalue weighted by Gasteiger charge is 2.19. The van der Waals surface area contributed by atoms with Crippen molar-refractivity contribution in [2.75, 3.05) is 33.5 Å². The lowest BCUT2D eigenvalue weighted by Gasteiger charge is -2.08. The van der Waals surface area contributed by atoms with Crippen molar-refractivity contribution < 1.29 is 19.1 Å². The molecule has 0 saturated carbocycles. The van der Waals surface area contributed by atoms with Crippen LogP contribution in [-0.4, -0.2) is 38.5 Å². The van der Waals surface area contributed by atoms with Crippen molar-refractivity contribution in [2.45, 2.75) is 6.42 Å². The topological polar surface area (TPSA) is 70.8 Å². The maximum atomic E-state index is 10.8. The van der Waals surface area contributed by atoms with Crippen LogP contribution in [0, 0.1) is 10.1 Å². The fraction of sp³-hybridized carbons (Fsp3) is 0.500. The van der Waals surface area contributed by atoms with Gasteiger partial charge in [0, 0.05) is 20.3 Å². The van der Waals surface area contributed by atoms with Crippen molar-refractivity contribution in [3.8, 4) is 5.75 Å². The van der Waals surface area contributed by atoms with E-state index >= 15 is 0 Å². The van der Waals surface area contributed by atoms with Crippen LogP contribution < -0.4 is 4.74 Å². The maximum absolute atomic E-state index is 10.8. The summed E-state index contributed by atoms with van der Waals surface area (Å²) in [6, 6.07) is 4.56. The minimum atomic E-state index is -0.558. The van der Waals surface area contributed by atoms with Gasteiger partial charge < -0.3 is 14.2 Å². The Morgan fingerprint density at radius 2 is 2.05 bits per heavy atom. The van der Waals surface area contributed by atoms with Gasteiger partial charge in [-0.15, -0.1) is 0 Å². The van der Waals surface area contributed by atoms with Crippen LogP contribution in [-0.2, 0) is 9.47 Å². The summed E-state index contributed by atoms with van der Waals surface area (Å²) in [6.45, 7) is 1.79. The molecule has 0 N–H and O–H groups in total. The predicted octanol–water partition coefficient (Wildman–Crippen LogP) is 2.68. The normalized spacial score (nSPS) is 10.4. The van der Waals surface area contributed by atoms with Crippen molar-refractivity contribution in [3.63, 3.8) is 0 Å². The number of hydrogen-bond acceptors (Lipinski definition) is 5. The molecule has 1 aromatic carbocycles. The molecule has 0 saturated heterocycles. The number of nitro benzene ring substituents is 1. The smallest absolute Gasteiger partial charge is 0.329 e. The van der Waals surface area contributed by atoms with Gasteiger partial charge in [0.2, 0.25) is 0 Å². The van der Waals surface area contributed by atoms with Crippen molar-refractivity contribution in [3.05, 3.63) is 33.3 Å². The van der Waals surface area contributed by atoms with E-state index in [0.29, 0.717) is 19.8 Å². The molecular weight excluding hydrogens is 274 g/mol. The van der Waals surface area contributed by atoms with Gasteiger partial charge in [0.05, 0.1) is 11.5 Å². The molecular formula is C12H16ClNO5. The molecule has 0 bridgehead atoms.